The number of benzene rings is 3. The van der Waals surface area contributed by atoms with Crippen molar-refractivity contribution in [3.8, 4) is 5.75 Å². The van der Waals surface area contributed by atoms with Crippen molar-refractivity contribution in [1.82, 2.24) is 15.5 Å². The van der Waals surface area contributed by atoms with Crippen molar-refractivity contribution in [2.45, 2.75) is 6.61 Å². The molecular formula is C22H17N5O5. The molecule has 0 spiro atoms. The van der Waals surface area contributed by atoms with Crippen molar-refractivity contribution < 1.29 is 19.2 Å². The summed E-state index contributed by atoms with van der Waals surface area (Å²) in [4.78, 5) is 34.6. The van der Waals surface area contributed by atoms with Crippen molar-refractivity contribution in [3.05, 3.63) is 94.0 Å². The van der Waals surface area contributed by atoms with E-state index in [-0.39, 0.29) is 18.1 Å². The van der Waals surface area contributed by atoms with Crippen LogP contribution in [0.2, 0.25) is 0 Å². The minimum Gasteiger partial charge on any atom is -0.489 e. The maximum atomic E-state index is 12.2. The standard InChI is InChI=1S/C22H17N5O5/c28-21(15-4-2-1-3-5-15)24-22(29)23-20-18-12-17(10-11-19(18)25-26-20)32-13-14-6-8-16(9-7-14)27(30)31/h1-12H,13H2,(H3,23,24,25,26,28,29). The van der Waals surface area contributed by atoms with Crippen LogP contribution in [0.4, 0.5) is 16.3 Å². The highest BCUT2D eigenvalue weighted by atomic mass is 16.6. The van der Waals surface area contributed by atoms with Crippen molar-refractivity contribution >= 4 is 34.3 Å². The van der Waals surface area contributed by atoms with Gasteiger partial charge in [0.05, 0.1) is 10.4 Å². The van der Waals surface area contributed by atoms with Gasteiger partial charge in [0.15, 0.2) is 5.82 Å². The maximum absolute atomic E-state index is 12.2. The Kier molecular flexibility index (Phi) is 5.75. The number of nitrogens with zero attached hydrogens (tertiary/aromatic N) is 2. The van der Waals surface area contributed by atoms with Crippen LogP contribution >= 0.6 is 0 Å². The average Bonchev–Trinajstić information content (AvgIpc) is 3.20. The minimum atomic E-state index is -0.718. The summed E-state index contributed by atoms with van der Waals surface area (Å²) in [7, 11) is 0. The van der Waals surface area contributed by atoms with Gasteiger partial charge in [-0.2, -0.15) is 5.10 Å². The van der Waals surface area contributed by atoms with Gasteiger partial charge < -0.3 is 4.74 Å². The number of H-pyrrole nitrogens is 1. The molecule has 10 nitrogen and oxygen atoms in total. The molecule has 4 aromatic rings. The number of non-ortho nitro benzene ring substituents is 1. The zero-order valence-electron chi connectivity index (χ0n) is 16.6. The summed E-state index contributed by atoms with van der Waals surface area (Å²) in [5, 5.41) is 23.0. The lowest BCUT2D eigenvalue weighted by molar-refractivity contribution is -0.384. The minimum absolute atomic E-state index is 0.00769. The molecule has 0 saturated heterocycles. The summed E-state index contributed by atoms with van der Waals surface area (Å²) >= 11 is 0. The number of imide groups is 1. The van der Waals surface area contributed by atoms with Gasteiger partial charge >= 0.3 is 6.03 Å². The number of aromatic amines is 1. The molecule has 0 unspecified atom stereocenters. The molecule has 0 atom stereocenters. The molecule has 32 heavy (non-hydrogen) atoms. The van der Waals surface area contributed by atoms with Crippen LogP contribution in [0.15, 0.2) is 72.8 Å². The van der Waals surface area contributed by atoms with Gasteiger partial charge in [-0.1, -0.05) is 18.2 Å². The lowest BCUT2D eigenvalue weighted by atomic mass is 10.2. The number of hydrogen-bond donors (Lipinski definition) is 3. The molecule has 0 bridgehead atoms. The van der Waals surface area contributed by atoms with E-state index in [9.17, 15) is 19.7 Å². The fraction of sp³-hybridized carbons (Fsp3) is 0.0455. The van der Waals surface area contributed by atoms with Gasteiger partial charge in [-0.3, -0.25) is 30.6 Å². The van der Waals surface area contributed by atoms with E-state index >= 15 is 0 Å². The Bertz CT molecular complexity index is 1290. The van der Waals surface area contributed by atoms with E-state index in [2.05, 4.69) is 20.8 Å². The molecule has 0 saturated carbocycles. The topological polar surface area (TPSA) is 139 Å². The molecule has 160 valence electrons. The predicted octanol–water partition coefficient (Wildman–Crippen LogP) is 4.01. The SMILES string of the molecule is O=C(NC(=O)c1ccccc1)Nc1n[nH]c2ccc(OCc3ccc([N+](=O)[O-])cc3)cc12. The van der Waals surface area contributed by atoms with Crippen molar-refractivity contribution in [3.63, 3.8) is 0 Å². The van der Waals surface area contributed by atoms with Crippen LogP contribution in [-0.4, -0.2) is 27.1 Å². The number of hydrogen-bond acceptors (Lipinski definition) is 6. The monoisotopic (exact) mass is 431 g/mol. The van der Waals surface area contributed by atoms with Crippen LogP contribution in [-0.2, 0) is 6.61 Å². The van der Waals surface area contributed by atoms with E-state index in [0.29, 0.717) is 22.2 Å². The molecule has 10 heteroatoms. The van der Waals surface area contributed by atoms with Gasteiger partial charge in [0.25, 0.3) is 11.6 Å². The highest BCUT2D eigenvalue weighted by Crippen LogP contribution is 2.26. The van der Waals surface area contributed by atoms with Gasteiger partial charge in [0.2, 0.25) is 0 Å². The van der Waals surface area contributed by atoms with Crippen molar-refractivity contribution in [2.75, 3.05) is 5.32 Å². The van der Waals surface area contributed by atoms with Crippen LogP contribution in [0.25, 0.3) is 10.9 Å². The molecule has 0 aliphatic carbocycles. The van der Waals surface area contributed by atoms with Crippen LogP contribution in [0.1, 0.15) is 15.9 Å². The highest BCUT2D eigenvalue weighted by Gasteiger charge is 2.14. The summed E-state index contributed by atoms with van der Waals surface area (Å²) in [6.07, 6.45) is 0. The first kappa shape index (κ1) is 20.5. The number of nitrogens with one attached hydrogen (secondary N) is 3. The Morgan fingerprint density at radius 2 is 1.78 bits per heavy atom. The van der Waals surface area contributed by atoms with Gasteiger partial charge in [0, 0.05) is 23.1 Å². The predicted molar refractivity (Wildman–Crippen MR) is 116 cm³/mol. The molecule has 0 aliphatic heterocycles. The fourth-order valence-corrected chi connectivity index (χ4v) is 2.96. The Labute approximate surface area is 181 Å². The first-order chi connectivity index (χ1) is 15.5. The molecule has 0 radical (unpaired) electrons. The first-order valence-corrected chi connectivity index (χ1v) is 9.51. The molecule has 4 rings (SSSR count). The molecule has 3 aromatic carbocycles. The lowest BCUT2D eigenvalue weighted by Crippen LogP contribution is -2.34. The molecular weight excluding hydrogens is 414 g/mol. The van der Waals surface area contributed by atoms with E-state index in [4.69, 9.17) is 4.74 Å². The van der Waals surface area contributed by atoms with E-state index in [1.165, 1.54) is 12.1 Å². The summed E-state index contributed by atoms with van der Waals surface area (Å²) in [5.74, 6) is 0.218. The molecule has 1 aromatic heterocycles. The Balaban J connectivity index is 1.42. The second kappa shape index (κ2) is 8.96. The lowest BCUT2D eigenvalue weighted by Gasteiger charge is -2.07. The van der Waals surface area contributed by atoms with E-state index in [1.54, 1.807) is 60.7 Å². The summed E-state index contributed by atoms with van der Waals surface area (Å²) in [6, 6.07) is 18.9. The van der Waals surface area contributed by atoms with Gasteiger partial charge in [-0.05, 0) is 48.0 Å². The second-order valence-electron chi connectivity index (χ2n) is 6.77. The number of carbonyl (C=O) groups excluding carboxylic acids is 2. The smallest absolute Gasteiger partial charge is 0.327 e. The van der Waals surface area contributed by atoms with Gasteiger partial charge in [-0.15, -0.1) is 0 Å². The summed E-state index contributed by atoms with van der Waals surface area (Å²) in [5.41, 5.74) is 1.79. The van der Waals surface area contributed by atoms with Crippen molar-refractivity contribution in [2.24, 2.45) is 0 Å². The number of nitro groups is 1. The molecule has 0 aliphatic rings. The fourth-order valence-electron chi connectivity index (χ4n) is 2.96. The maximum Gasteiger partial charge on any atom is 0.327 e. The normalized spacial score (nSPS) is 10.5. The van der Waals surface area contributed by atoms with E-state index in [1.807, 2.05) is 0 Å². The third-order valence-electron chi connectivity index (χ3n) is 4.58. The number of carbonyl (C=O) groups is 2. The van der Waals surface area contributed by atoms with Gasteiger partial charge in [0.1, 0.15) is 12.4 Å². The number of amides is 3. The Morgan fingerprint density at radius 3 is 2.50 bits per heavy atom. The first-order valence-electron chi connectivity index (χ1n) is 9.51. The quantitative estimate of drug-likeness (QED) is 0.311. The molecule has 1 heterocycles. The number of aromatic nitrogens is 2. The largest absolute Gasteiger partial charge is 0.489 e. The zero-order chi connectivity index (χ0) is 22.5. The second-order valence-corrected chi connectivity index (χ2v) is 6.77. The molecule has 0 fully saturated rings. The van der Waals surface area contributed by atoms with Crippen LogP contribution in [0.3, 0.4) is 0 Å². The van der Waals surface area contributed by atoms with E-state index < -0.39 is 16.9 Å². The van der Waals surface area contributed by atoms with Crippen LogP contribution in [0, 0.1) is 10.1 Å². The number of rotatable bonds is 6. The zero-order valence-corrected chi connectivity index (χ0v) is 16.6. The summed E-state index contributed by atoms with van der Waals surface area (Å²) in [6.45, 7) is 0.205. The summed E-state index contributed by atoms with van der Waals surface area (Å²) < 4.78 is 5.76. The Hall–Kier alpha value is -4.73. The number of urea groups is 1. The number of nitro benzene ring substituents is 1. The highest BCUT2D eigenvalue weighted by molar-refractivity contribution is 6.09. The number of ether oxygens (including phenoxy) is 1. The number of fused-ring (bicyclic) bond motifs is 1. The van der Waals surface area contributed by atoms with Crippen LogP contribution in [0.5, 0.6) is 5.75 Å². The number of anilines is 1. The van der Waals surface area contributed by atoms with Crippen LogP contribution < -0.4 is 15.4 Å². The van der Waals surface area contributed by atoms with E-state index in [0.717, 1.165) is 5.56 Å². The third-order valence-corrected chi connectivity index (χ3v) is 4.58. The Morgan fingerprint density at radius 1 is 1.03 bits per heavy atom. The third kappa shape index (κ3) is 4.70. The van der Waals surface area contributed by atoms with Crippen molar-refractivity contribution in [1.29, 1.82) is 0 Å². The molecule has 3 amide bonds. The van der Waals surface area contributed by atoms with Gasteiger partial charge in [-0.25, -0.2) is 4.79 Å². The molecule has 3 N–H and O–H groups in total. The average molecular weight is 431 g/mol.